The highest BCUT2D eigenvalue weighted by Crippen LogP contribution is 2.12. The molecule has 1 aromatic heterocycles. The molecule has 1 rings (SSSR count). The van der Waals surface area contributed by atoms with E-state index in [-0.39, 0.29) is 24.1 Å². The topological polar surface area (TPSA) is 75.4 Å². The molecule has 0 aliphatic rings. The van der Waals surface area contributed by atoms with Gasteiger partial charge in [-0.2, -0.15) is 0 Å². The fourth-order valence-electron chi connectivity index (χ4n) is 1.79. The minimum absolute atomic E-state index is 0.0145. The third-order valence-corrected chi connectivity index (χ3v) is 2.82. The van der Waals surface area contributed by atoms with Crippen molar-refractivity contribution < 1.29 is 9.90 Å². The van der Waals surface area contributed by atoms with E-state index in [1.54, 1.807) is 21.9 Å². The molecule has 6 nitrogen and oxygen atoms in total. The largest absolute Gasteiger partial charge is 0.481 e. The average molecular weight is 267 g/mol. The molecular formula is C13H21N3O3. The van der Waals surface area contributed by atoms with Gasteiger partial charge in [-0.3, -0.25) is 9.59 Å². The first-order chi connectivity index (χ1) is 8.77. The van der Waals surface area contributed by atoms with E-state index in [0.29, 0.717) is 12.4 Å². The van der Waals surface area contributed by atoms with Crippen molar-refractivity contribution in [1.29, 1.82) is 0 Å². The SMILES string of the molecule is CCN(CCC(=O)O)c1nccn(C(C)(C)C)c1=O. The highest BCUT2D eigenvalue weighted by molar-refractivity contribution is 5.67. The zero-order valence-corrected chi connectivity index (χ0v) is 11.9. The predicted molar refractivity (Wildman–Crippen MR) is 73.6 cm³/mol. The lowest BCUT2D eigenvalue weighted by Gasteiger charge is -2.26. The van der Waals surface area contributed by atoms with Crippen LogP contribution in [0.4, 0.5) is 5.82 Å². The fraction of sp³-hybridized carbons (Fsp3) is 0.615. The molecule has 1 N–H and O–H groups in total. The number of aliphatic carboxylic acids is 1. The molecule has 6 heteroatoms. The second-order valence-electron chi connectivity index (χ2n) is 5.32. The molecule has 0 spiro atoms. The average Bonchev–Trinajstić information content (AvgIpc) is 2.29. The van der Waals surface area contributed by atoms with E-state index in [0.717, 1.165) is 0 Å². The third-order valence-electron chi connectivity index (χ3n) is 2.82. The van der Waals surface area contributed by atoms with Crippen molar-refractivity contribution >= 4 is 11.8 Å². The van der Waals surface area contributed by atoms with Gasteiger partial charge in [-0.25, -0.2) is 4.98 Å². The summed E-state index contributed by atoms with van der Waals surface area (Å²) in [6.45, 7) is 8.51. The van der Waals surface area contributed by atoms with E-state index in [2.05, 4.69) is 4.98 Å². The first-order valence-corrected chi connectivity index (χ1v) is 6.32. The lowest BCUT2D eigenvalue weighted by Crippen LogP contribution is -2.39. The van der Waals surface area contributed by atoms with Crippen LogP contribution in [-0.4, -0.2) is 33.7 Å². The van der Waals surface area contributed by atoms with Crippen molar-refractivity contribution in [2.45, 2.75) is 39.7 Å². The molecule has 0 bridgehead atoms. The Morgan fingerprint density at radius 2 is 2.11 bits per heavy atom. The van der Waals surface area contributed by atoms with Crippen LogP contribution in [0.1, 0.15) is 34.1 Å². The summed E-state index contributed by atoms with van der Waals surface area (Å²) in [5.74, 6) is -0.577. The summed E-state index contributed by atoms with van der Waals surface area (Å²) in [6, 6.07) is 0. The van der Waals surface area contributed by atoms with Crippen molar-refractivity contribution in [3.63, 3.8) is 0 Å². The number of anilines is 1. The summed E-state index contributed by atoms with van der Waals surface area (Å²) in [5, 5.41) is 8.73. The zero-order valence-electron chi connectivity index (χ0n) is 11.9. The molecule has 0 saturated heterocycles. The Morgan fingerprint density at radius 1 is 1.47 bits per heavy atom. The molecule has 0 aliphatic heterocycles. The smallest absolute Gasteiger partial charge is 0.305 e. The summed E-state index contributed by atoms with van der Waals surface area (Å²) < 4.78 is 1.61. The molecular weight excluding hydrogens is 246 g/mol. The molecule has 0 aliphatic carbocycles. The number of carboxylic acid groups (broad SMARTS) is 1. The zero-order chi connectivity index (χ0) is 14.6. The van der Waals surface area contributed by atoms with Crippen molar-refractivity contribution in [1.82, 2.24) is 9.55 Å². The van der Waals surface area contributed by atoms with E-state index >= 15 is 0 Å². The van der Waals surface area contributed by atoms with Crippen LogP contribution >= 0.6 is 0 Å². The van der Waals surface area contributed by atoms with Crippen LogP contribution in [0.25, 0.3) is 0 Å². The Bertz CT molecular complexity index is 503. The lowest BCUT2D eigenvalue weighted by atomic mass is 10.1. The number of hydrogen-bond acceptors (Lipinski definition) is 4. The van der Waals surface area contributed by atoms with Crippen LogP contribution in [0, 0.1) is 0 Å². The number of carboxylic acids is 1. The van der Waals surface area contributed by atoms with Gasteiger partial charge < -0.3 is 14.6 Å². The van der Waals surface area contributed by atoms with Crippen molar-refractivity contribution in [2.24, 2.45) is 0 Å². The van der Waals surface area contributed by atoms with E-state index < -0.39 is 5.97 Å². The van der Waals surface area contributed by atoms with Crippen molar-refractivity contribution in [2.75, 3.05) is 18.0 Å². The molecule has 0 radical (unpaired) electrons. The maximum Gasteiger partial charge on any atom is 0.305 e. The lowest BCUT2D eigenvalue weighted by molar-refractivity contribution is -0.136. The van der Waals surface area contributed by atoms with Crippen molar-refractivity contribution in [3.8, 4) is 0 Å². The second-order valence-corrected chi connectivity index (χ2v) is 5.32. The summed E-state index contributed by atoms with van der Waals surface area (Å²) >= 11 is 0. The van der Waals surface area contributed by atoms with Crippen LogP contribution in [0.5, 0.6) is 0 Å². The predicted octanol–water partition coefficient (Wildman–Crippen LogP) is 1.30. The number of carbonyl (C=O) groups is 1. The van der Waals surface area contributed by atoms with Crippen LogP contribution in [0.3, 0.4) is 0 Å². The van der Waals surface area contributed by atoms with Gasteiger partial charge in [0.2, 0.25) is 0 Å². The molecule has 0 amide bonds. The van der Waals surface area contributed by atoms with Gasteiger partial charge in [0.15, 0.2) is 5.82 Å². The third kappa shape index (κ3) is 3.81. The summed E-state index contributed by atoms with van der Waals surface area (Å²) in [6.07, 6.45) is 3.21. The Kier molecular flexibility index (Phi) is 4.69. The Balaban J connectivity index is 3.12. The fourth-order valence-corrected chi connectivity index (χ4v) is 1.79. The second kappa shape index (κ2) is 5.86. The molecule has 19 heavy (non-hydrogen) atoms. The number of hydrogen-bond donors (Lipinski definition) is 1. The van der Waals surface area contributed by atoms with Gasteiger partial charge in [-0.15, -0.1) is 0 Å². The quantitative estimate of drug-likeness (QED) is 0.870. The molecule has 0 unspecified atom stereocenters. The van der Waals surface area contributed by atoms with Gasteiger partial charge in [-0.1, -0.05) is 0 Å². The van der Waals surface area contributed by atoms with E-state index in [1.807, 2.05) is 27.7 Å². The van der Waals surface area contributed by atoms with Gasteiger partial charge in [0.1, 0.15) is 0 Å². The van der Waals surface area contributed by atoms with E-state index in [9.17, 15) is 9.59 Å². The molecule has 0 saturated carbocycles. The Labute approximate surface area is 112 Å². The maximum atomic E-state index is 12.4. The van der Waals surface area contributed by atoms with Gasteiger partial charge in [-0.05, 0) is 27.7 Å². The Hall–Kier alpha value is -1.85. The summed E-state index contributed by atoms with van der Waals surface area (Å²) in [7, 11) is 0. The highest BCUT2D eigenvalue weighted by atomic mass is 16.4. The van der Waals surface area contributed by atoms with Crippen LogP contribution in [-0.2, 0) is 10.3 Å². The number of nitrogens with zero attached hydrogens (tertiary/aromatic N) is 3. The minimum Gasteiger partial charge on any atom is -0.481 e. The van der Waals surface area contributed by atoms with Gasteiger partial charge in [0.25, 0.3) is 5.56 Å². The van der Waals surface area contributed by atoms with Crippen LogP contribution in [0.15, 0.2) is 17.2 Å². The normalized spacial score (nSPS) is 11.4. The molecule has 0 fully saturated rings. The highest BCUT2D eigenvalue weighted by Gasteiger charge is 2.19. The molecule has 106 valence electrons. The minimum atomic E-state index is -0.884. The van der Waals surface area contributed by atoms with Crippen LogP contribution in [0.2, 0.25) is 0 Å². The molecule has 0 aromatic carbocycles. The van der Waals surface area contributed by atoms with E-state index in [1.165, 1.54) is 0 Å². The molecule has 0 atom stereocenters. The standard InChI is InChI=1S/C13H21N3O3/c1-5-15(8-6-10(17)18)11-12(19)16(9-7-14-11)13(2,3)4/h7,9H,5-6,8H2,1-4H3,(H,17,18). The molecule has 1 heterocycles. The van der Waals surface area contributed by atoms with Gasteiger partial charge in [0, 0.05) is 31.0 Å². The van der Waals surface area contributed by atoms with Crippen LogP contribution < -0.4 is 10.5 Å². The summed E-state index contributed by atoms with van der Waals surface area (Å²) in [5.41, 5.74) is -0.525. The van der Waals surface area contributed by atoms with Crippen molar-refractivity contribution in [3.05, 3.63) is 22.7 Å². The van der Waals surface area contributed by atoms with Gasteiger partial charge >= 0.3 is 5.97 Å². The summed E-state index contributed by atoms with van der Waals surface area (Å²) in [4.78, 5) is 28.8. The van der Waals surface area contributed by atoms with Gasteiger partial charge in [0.05, 0.1) is 6.42 Å². The monoisotopic (exact) mass is 267 g/mol. The first kappa shape index (κ1) is 15.2. The Morgan fingerprint density at radius 3 is 2.58 bits per heavy atom. The van der Waals surface area contributed by atoms with E-state index in [4.69, 9.17) is 5.11 Å². The molecule has 1 aromatic rings. The number of rotatable bonds is 5. The first-order valence-electron chi connectivity index (χ1n) is 6.32. The maximum absolute atomic E-state index is 12.4. The number of aromatic nitrogens is 2.